The largest absolute Gasteiger partial charge is 0.377 e. The maximum atomic E-state index is 11.8. The van der Waals surface area contributed by atoms with Gasteiger partial charge < -0.3 is 25.6 Å². The minimum atomic E-state index is -0.202. The molecule has 31 heavy (non-hydrogen) atoms. The van der Waals surface area contributed by atoms with E-state index in [2.05, 4.69) is 27.8 Å². The number of amides is 2. The Hall–Kier alpha value is -2.71. The minimum Gasteiger partial charge on any atom is -0.377 e. The highest BCUT2D eigenvalue weighted by molar-refractivity contribution is 5.89. The molecule has 4 heterocycles. The van der Waals surface area contributed by atoms with E-state index in [1.165, 1.54) is 17.7 Å². The molecule has 0 aliphatic carbocycles. The van der Waals surface area contributed by atoms with Gasteiger partial charge in [0.15, 0.2) is 5.82 Å². The molecular formula is C23H30N6O2. The lowest BCUT2D eigenvalue weighted by molar-refractivity contribution is 0.0983. The van der Waals surface area contributed by atoms with Crippen molar-refractivity contribution in [3.05, 3.63) is 35.5 Å². The summed E-state index contributed by atoms with van der Waals surface area (Å²) in [5.41, 5.74) is 4.16. The molecular weight excluding hydrogens is 392 g/mol. The van der Waals surface area contributed by atoms with E-state index in [4.69, 9.17) is 14.7 Å². The third kappa shape index (κ3) is 3.97. The van der Waals surface area contributed by atoms with Crippen molar-refractivity contribution < 1.29 is 9.53 Å². The molecule has 164 valence electrons. The van der Waals surface area contributed by atoms with Gasteiger partial charge in [0.05, 0.1) is 24.9 Å². The van der Waals surface area contributed by atoms with Crippen molar-refractivity contribution in [2.75, 3.05) is 36.5 Å². The van der Waals surface area contributed by atoms with E-state index < -0.39 is 0 Å². The molecule has 2 bridgehead atoms. The summed E-state index contributed by atoms with van der Waals surface area (Å²) in [6.45, 7) is 6.96. The van der Waals surface area contributed by atoms with E-state index in [9.17, 15) is 4.79 Å². The van der Waals surface area contributed by atoms with Gasteiger partial charge >= 0.3 is 6.03 Å². The first-order chi connectivity index (χ1) is 15.1. The fourth-order valence-corrected chi connectivity index (χ4v) is 4.88. The van der Waals surface area contributed by atoms with Gasteiger partial charge in [0.2, 0.25) is 0 Å². The second-order valence-electron chi connectivity index (χ2n) is 8.61. The maximum Gasteiger partial charge on any atom is 0.319 e. The number of nitrogens with zero attached hydrogens (tertiary/aromatic N) is 3. The van der Waals surface area contributed by atoms with Gasteiger partial charge in [0.25, 0.3) is 0 Å². The average molecular weight is 423 g/mol. The van der Waals surface area contributed by atoms with Crippen molar-refractivity contribution in [1.82, 2.24) is 20.6 Å². The molecule has 2 aromatic rings. The maximum absolute atomic E-state index is 11.8. The summed E-state index contributed by atoms with van der Waals surface area (Å²) in [7, 11) is 0. The second-order valence-corrected chi connectivity index (χ2v) is 8.61. The zero-order valence-corrected chi connectivity index (χ0v) is 18.1. The van der Waals surface area contributed by atoms with Gasteiger partial charge in [0, 0.05) is 48.4 Å². The third-order valence-electron chi connectivity index (χ3n) is 6.41. The number of rotatable bonds is 4. The molecule has 2 unspecified atom stereocenters. The summed E-state index contributed by atoms with van der Waals surface area (Å²) in [4.78, 5) is 24.3. The van der Waals surface area contributed by atoms with Crippen LogP contribution in [0.2, 0.25) is 0 Å². The summed E-state index contributed by atoms with van der Waals surface area (Å²) in [5.74, 6) is 1.80. The van der Waals surface area contributed by atoms with Crippen LogP contribution in [0.5, 0.6) is 0 Å². The molecule has 2 fully saturated rings. The average Bonchev–Trinajstić information content (AvgIpc) is 3.15. The molecule has 1 aromatic carbocycles. The van der Waals surface area contributed by atoms with Gasteiger partial charge in [-0.05, 0) is 51.0 Å². The van der Waals surface area contributed by atoms with Gasteiger partial charge in [-0.15, -0.1) is 0 Å². The lowest BCUT2D eigenvalue weighted by atomic mass is 9.99. The Morgan fingerprint density at radius 3 is 2.87 bits per heavy atom. The highest BCUT2D eigenvalue weighted by atomic mass is 16.5. The van der Waals surface area contributed by atoms with Crippen LogP contribution in [-0.4, -0.2) is 54.4 Å². The first-order valence-corrected chi connectivity index (χ1v) is 11.3. The summed E-state index contributed by atoms with van der Waals surface area (Å²) in [6.07, 6.45) is 3.28. The molecule has 3 aliphatic rings. The number of carbonyl (C=O) groups excluding carboxylic acids is 1. The van der Waals surface area contributed by atoms with Gasteiger partial charge in [-0.1, -0.05) is 0 Å². The predicted octanol–water partition coefficient (Wildman–Crippen LogP) is 2.86. The summed E-state index contributed by atoms with van der Waals surface area (Å²) in [5, 5.41) is 9.33. The predicted molar refractivity (Wildman–Crippen MR) is 120 cm³/mol. The molecule has 0 spiro atoms. The molecule has 3 N–H and O–H groups in total. The van der Waals surface area contributed by atoms with E-state index >= 15 is 0 Å². The molecule has 2 amide bonds. The van der Waals surface area contributed by atoms with Crippen LogP contribution < -0.4 is 20.9 Å². The topological polar surface area (TPSA) is 91.4 Å². The minimum absolute atomic E-state index is 0.202. The number of aromatic nitrogens is 2. The monoisotopic (exact) mass is 422 g/mol. The van der Waals surface area contributed by atoms with E-state index in [0.29, 0.717) is 18.6 Å². The Kier molecular flexibility index (Phi) is 5.50. The number of anilines is 2. The van der Waals surface area contributed by atoms with Crippen molar-refractivity contribution in [2.45, 2.75) is 51.2 Å². The van der Waals surface area contributed by atoms with Gasteiger partial charge in [-0.25, -0.2) is 14.8 Å². The molecule has 0 saturated carbocycles. The Morgan fingerprint density at radius 2 is 2.10 bits per heavy atom. The zero-order chi connectivity index (χ0) is 21.4. The fourth-order valence-electron chi connectivity index (χ4n) is 4.88. The van der Waals surface area contributed by atoms with Crippen molar-refractivity contribution in [2.24, 2.45) is 0 Å². The zero-order valence-electron chi connectivity index (χ0n) is 18.1. The number of morpholine rings is 1. The van der Waals surface area contributed by atoms with E-state index in [0.717, 1.165) is 55.5 Å². The van der Waals surface area contributed by atoms with Crippen LogP contribution in [-0.2, 0) is 11.2 Å². The molecule has 8 nitrogen and oxygen atoms in total. The number of ether oxygens (including phenoxy) is 1. The van der Waals surface area contributed by atoms with Crippen molar-refractivity contribution in [3.63, 3.8) is 0 Å². The number of fused-ring (bicyclic) bond motifs is 4. The van der Waals surface area contributed by atoms with Crippen LogP contribution in [0.3, 0.4) is 0 Å². The lowest BCUT2D eigenvalue weighted by Gasteiger charge is -2.38. The van der Waals surface area contributed by atoms with Gasteiger partial charge in [-0.3, -0.25) is 0 Å². The molecule has 1 aromatic heterocycles. The van der Waals surface area contributed by atoms with Crippen LogP contribution in [0, 0.1) is 0 Å². The Morgan fingerprint density at radius 1 is 1.26 bits per heavy atom. The van der Waals surface area contributed by atoms with E-state index in [1.807, 2.05) is 31.2 Å². The summed E-state index contributed by atoms with van der Waals surface area (Å²) < 4.78 is 5.68. The van der Waals surface area contributed by atoms with Crippen molar-refractivity contribution in [3.8, 4) is 11.4 Å². The molecule has 3 atom stereocenters. The number of hydrogen-bond donors (Lipinski definition) is 3. The molecule has 3 aliphatic heterocycles. The van der Waals surface area contributed by atoms with Crippen LogP contribution in [0.4, 0.5) is 16.3 Å². The van der Waals surface area contributed by atoms with E-state index in [-0.39, 0.29) is 12.1 Å². The van der Waals surface area contributed by atoms with Crippen LogP contribution in [0.25, 0.3) is 11.4 Å². The first kappa shape index (κ1) is 20.2. The Labute approximate surface area is 182 Å². The Balaban J connectivity index is 1.50. The highest BCUT2D eigenvalue weighted by Gasteiger charge is 2.38. The summed E-state index contributed by atoms with van der Waals surface area (Å²) >= 11 is 0. The number of hydrogen-bond acceptors (Lipinski definition) is 6. The van der Waals surface area contributed by atoms with Crippen molar-refractivity contribution in [1.29, 1.82) is 0 Å². The van der Waals surface area contributed by atoms with Crippen molar-refractivity contribution >= 4 is 17.5 Å². The second kappa shape index (κ2) is 8.43. The molecule has 5 rings (SSSR count). The third-order valence-corrected chi connectivity index (χ3v) is 6.41. The van der Waals surface area contributed by atoms with Crippen LogP contribution >= 0.6 is 0 Å². The number of nitrogens with one attached hydrogen (secondary N) is 3. The smallest absolute Gasteiger partial charge is 0.319 e. The van der Waals surface area contributed by atoms with Gasteiger partial charge in [0.1, 0.15) is 5.82 Å². The summed E-state index contributed by atoms with van der Waals surface area (Å²) in [6, 6.07) is 8.69. The van der Waals surface area contributed by atoms with Crippen LogP contribution in [0.15, 0.2) is 24.3 Å². The lowest BCUT2D eigenvalue weighted by Crippen LogP contribution is -2.46. The van der Waals surface area contributed by atoms with E-state index in [1.54, 1.807) is 0 Å². The number of urea groups is 1. The molecule has 2 saturated heterocycles. The fraction of sp³-hybridized carbons (Fsp3) is 0.522. The normalized spacial score (nSPS) is 24.6. The highest BCUT2D eigenvalue weighted by Crippen LogP contribution is 2.41. The standard InChI is InChI=1S/C23H30N6O2/c1-3-24-23(30)26-16-6-4-15(5-7-16)21-27-19-12-17-8-9-18(25-17)20(19)22(28-21)29-10-11-31-13-14(29)2/h4-7,14,17-18,25H,3,8-13H2,1-2H3,(H2,24,26,30)/t14-,17?,18?/m0/s1. The quantitative estimate of drug-likeness (QED) is 0.702. The number of carbonyl (C=O) groups is 1. The van der Waals surface area contributed by atoms with Crippen LogP contribution in [0.1, 0.15) is 44.0 Å². The SMILES string of the molecule is CCNC(=O)Nc1ccc(-c2nc3c(c(N4CCOC[C@@H]4C)n2)C2CCC(C3)N2)cc1. The number of benzene rings is 1. The van der Waals surface area contributed by atoms with Gasteiger partial charge in [-0.2, -0.15) is 0 Å². The Bertz CT molecular complexity index is 963. The molecule has 0 radical (unpaired) electrons. The molecule has 8 heteroatoms. The first-order valence-electron chi connectivity index (χ1n) is 11.3.